The second kappa shape index (κ2) is 16.6. The van der Waals surface area contributed by atoms with Crippen molar-refractivity contribution < 1.29 is 33.7 Å². The Kier molecular flexibility index (Phi) is 11.3. The van der Waals surface area contributed by atoms with Crippen molar-refractivity contribution in [3.8, 4) is 11.1 Å². The number of amides is 3. The van der Waals surface area contributed by atoms with Gasteiger partial charge in [0.25, 0.3) is 5.91 Å². The standard InChI is InChI=1S/C40H39N5O7S/c1-25-34(23-53-39-41-24-42-44-39)51-38(52-36(25)29-15-13-26(21-46)14-16-29)32-12-6-11-31(18-32)30-10-5-9-28(17-30)20-45-35(47)19-33(37(45)48)43-40(49)50-22-27-7-3-2-4-8-27/h2-18,24-25,33-34,36,38,46H,19-23H2,1H3,(H,43,49)(H,41,42,44)/t25-,33?,34+,36+,38+/m0/s1. The fraction of sp³-hybridized carbons (Fsp3) is 0.275. The Morgan fingerprint density at radius 1 is 0.925 bits per heavy atom. The molecule has 3 amide bonds. The smallest absolute Gasteiger partial charge is 0.408 e. The molecule has 2 aliphatic heterocycles. The van der Waals surface area contributed by atoms with Gasteiger partial charge in [0, 0.05) is 17.2 Å². The summed E-state index contributed by atoms with van der Waals surface area (Å²) in [7, 11) is 0. The molecule has 272 valence electrons. The highest BCUT2D eigenvalue weighted by atomic mass is 32.2. The van der Waals surface area contributed by atoms with E-state index in [-0.39, 0.29) is 50.2 Å². The Labute approximate surface area is 310 Å². The van der Waals surface area contributed by atoms with Crippen molar-refractivity contribution >= 4 is 29.7 Å². The summed E-state index contributed by atoms with van der Waals surface area (Å²) in [5.74, 6) is -0.209. The van der Waals surface area contributed by atoms with Gasteiger partial charge in [0.2, 0.25) is 5.91 Å². The number of carbonyl (C=O) groups excluding carboxylic acids is 3. The Balaban J connectivity index is 1.04. The fourth-order valence-electron chi connectivity index (χ4n) is 6.50. The first-order valence-electron chi connectivity index (χ1n) is 17.3. The van der Waals surface area contributed by atoms with Crippen LogP contribution in [0.1, 0.15) is 53.6 Å². The number of aliphatic hydroxyl groups is 1. The average molecular weight is 734 g/mol. The number of alkyl carbamates (subject to hydrolysis) is 1. The Morgan fingerprint density at radius 3 is 2.43 bits per heavy atom. The molecule has 7 rings (SSSR count). The van der Waals surface area contributed by atoms with Crippen molar-refractivity contribution in [3.63, 3.8) is 0 Å². The van der Waals surface area contributed by atoms with Gasteiger partial charge in [-0.05, 0) is 45.5 Å². The topological polar surface area (TPSA) is 156 Å². The van der Waals surface area contributed by atoms with Crippen LogP contribution in [0.3, 0.4) is 0 Å². The third kappa shape index (κ3) is 8.66. The van der Waals surface area contributed by atoms with Crippen molar-refractivity contribution in [2.45, 2.75) is 62.8 Å². The third-order valence-corrected chi connectivity index (χ3v) is 10.4. The van der Waals surface area contributed by atoms with Gasteiger partial charge in [-0.1, -0.05) is 110 Å². The Bertz CT molecular complexity index is 2030. The van der Waals surface area contributed by atoms with E-state index in [9.17, 15) is 19.5 Å². The molecule has 0 aliphatic carbocycles. The monoisotopic (exact) mass is 733 g/mol. The van der Waals surface area contributed by atoms with Crippen molar-refractivity contribution in [2.24, 2.45) is 5.92 Å². The van der Waals surface area contributed by atoms with Gasteiger partial charge in [-0.2, -0.15) is 5.10 Å². The van der Waals surface area contributed by atoms with Crippen molar-refractivity contribution in [3.05, 3.63) is 137 Å². The highest BCUT2D eigenvalue weighted by Crippen LogP contribution is 2.43. The summed E-state index contributed by atoms with van der Waals surface area (Å²) in [6.07, 6.45) is -0.527. The summed E-state index contributed by atoms with van der Waals surface area (Å²) in [6, 6.07) is 31.6. The van der Waals surface area contributed by atoms with E-state index in [1.807, 2.05) is 103 Å². The van der Waals surface area contributed by atoms with Gasteiger partial charge in [0.15, 0.2) is 11.4 Å². The summed E-state index contributed by atoms with van der Waals surface area (Å²) in [5.41, 5.74) is 6.03. The third-order valence-electron chi connectivity index (χ3n) is 9.41. The Morgan fingerprint density at radius 2 is 1.68 bits per heavy atom. The first-order chi connectivity index (χ1) is 25.8. The summed E-state index contributed by atoms with van der Waals surface area (Å²) >= 11 is 1.54. The van der Waals surface area contributed by atoms with Crippen LogP contribution >= 0.6 is 11.8 Å². The maximum absolute atomic E-state index is 13.2. The zero-order valence-electron chi connectivity index (χ0n) is 29.0. The van der Waals surface area contributed by atoms with Gasteiger partial charge in [0.05, 0.1) is 31.8 Å². The molecule has 1 aromatic heterocycles. The highest BCUT2D eigenvalue weighted by molar-refractivity contribution is 7.99. The number of hydrogen-bond donors (Lipinski definition) is 3. The van der Waals surface area contributed by atoms with Crippen LogP contribution in [0, 0.1) is 5.92 Å². The molecule has 0 radical (unpaired) electrons. The minimum Gasteiger partial charge on any atom is -0.445 e. The lowest BCUT2D eigenvalue weighted by Gasteiger charge is -2.41. The van der Waals surface area contributed by atoms with Gasteiger partial charge >= 0.3 is 6.09 Å². The molecular formula is C40H39N5O7S. The second-order valence-corrected chi connectivity index (χ2v) is 14.0. The average Bonchev–Trinajstić information content (AvgIpc) is 3.81. The molecule has 12 nitrogen and oxygen atoms in total. The van der Waals surface area contributed by atoms with Crippen molar-refractivity contribution in [1.82, 2.24) is 25.4 Å². The number of thioether (sulfide) groups is 1. The molecule has 13 heteroatoms. The van der Waals surface area contributed by atoms with Crippen LogP contribution in [0.5, 0.6) is 0 Å². The van der Waals surface area contributed by atoms with E-state index in [1.165, 1.54) is 23.0 Å². The first kappa shape index (κ1) is 36.0. The lowest BCUT2D eigenvalue weighted by Crippen LogP contribution is -2.41. The molecule has 5 aromatic rings. The van der Waals surface area contributed by atoms with Crippen molar-refractivity contribution in [1.29, 1.82) is 0 Å². The first-order valence-corrected chi connectivity index (χ1v) is 18.3. The number of rotatable bonds is 12. The van der Waals surface area contributed by atoms with Crippen LogP contribution in [0.4, 0.5) is 4.79 Å². The van der Waals surface area contributed by atoms with E-state index in [0.717, 1.165) is 38.9 Å². The largest absolute Gasteiger partial charge is 0.445 e. The number of aromatic amines is 1. The predicted molar refractivity (Wildman–Crippen MR) is 196 cm³/mol. The quantitative estimate of drug-likeness (QED) is 0.101. The second-order valence-electron chi connectivity index (χ2n) is 13.0. The number of H-pyrrole nitrogens is 1. The lowest BCUT2D eigenvalue weighted by atomic mass is 9.91. The van der Waals surface area contributed by atoms with Crippen LogP contribution in [0.2, 0.25) is 0 Å². The number of nitrogens with zero attached hydrogens (tertiary/aromatic N) is 3. The molecule has 3 heterocycles. The minimum absolute atomic E-state index is 0.00672. The van der Waals surface area contributed by atoms with Crippen LogP contribution < -0.4 is 5.32 Å². The zero-order valence-corrected chi connectivity index (χ0v) is 29.8. The molecular weight excluding hydrogens is 695 g/mol. The van der Waals surface area contributed by atoms with E-state index < -0.39 is 24.3 Å². The lowest BCUT2D eigenvalue weighted by molar-refractivity contribution is -0.268. The van der Waals surface area contributed by atoms with Gasteiger partial charge in [-0.3, -0.25) is 19.6 Å². The van der Waals surface area contributed by atoms with Crippen LogP contribution in [-0.4, -0.2) is 61.0 Å². The van der Waals surface area contributed by atoms with Crippen LogP contribution in [-0.2, 0) is 43.6 Å². The molecule has 2 aliphatic rings. The fourth-order valence-corrected chi connectivity index (χ4v) is 7.44. The predicted octanol–water partition coefficient (Wildman–Crippen LogP) is 6.10. The highest BCUT2D eigenvalue weighted by Gasteiger charge is 2.40. The molecule has 1 unspecified atom stereocenters. The van der Waals surface area contributed by atoms with E-state index in [1.54, 1.807) is 0 Å². The number of hydrogen-bond acceptors (Lipinski definition) is 10. The Hall–Kier alpha value is -5.34. The molecule has 5 atom stereocenters. The number of aliphatic hydroxyl groups excluding tert-OH is 1. The number of likely N-dealkylation sites (tertiary alicyclic amines) is 1. The maximum atomic E-state index is 13.2. The minimum atomic E-state index is -0.988. The van der Waals surface area contributed by atoms with E-state index >= 15 is 0 Å². The summed E-state index contributed by atoms with van der Waals surface area (Å²) < 4.78 is 18.5. The number of imide groups is 1. The van der Waals surface area contributed by atoms with Gasteiger partial charge in [-0.15, -0.1) is 0 Å². The molecule has 3 N–H and O–H groups in total. The number of ether oxygens (including phenoxy) is 3. The van der Waals surface area contributed by atoms with Crippen molar-refractivity contribution in [2.75, 3.05) is 5.75 Å². The molecule has 0 bridgehead atoms. The number of aromatic nitrogens is 3. The SMILES string of the molecule is C[C@H]1[C@@H](CSc2ncn[nH]2)O[C@@H](c2cccc(-c3cccc(CN4C(=O)CC(NC(=O)OCc5ccccc5)C4=O)c3)c2)O[C@H]1c1ccc(CO)cc1. The normalized spacial score (nSPS) is 21.5. The maximum Gasteiger partial charge on any atom is 0.408 e. The molecule has 2 fully saturated rings. The van der Waals surface area contributed by atoms with Gasteiger partial charge < -0.3 is 24.6 Å². The summed E-state index contributed by atoms with van der Waals surface area (Å²) in [5, 5.41) is 19.7. The summed E-state index contributed by atoms with van der Waals surface area (Å²) in [4.78, 5) is 44.0. The number of carbonyl (C=O) groups is 3. The number of nitrogens with one attached hydrogen (secondary N) is 2. The summed E-state index contributed by atoms with van der Waals surface area (Å²) in [6.45, 7) is 2.20. The molecule has 0 spiro atoms. The molecule has 4 aromatic carbocycles. The molecule has 0 saturated carbocycles. The molecule has 2 saturated heterocycles. The van der Waals surface area contributed by atoms with Gasteiger partial charge in [0.1, 0.15) is 19.0 Å². The van der Waals surface area contributed by atoms with E-state index in [2.05, 4.69) is 27.4 Å². The van der Waals surface area contributed by atoms with Gasteiger partial charge in [-0.25, -0.2) is 9.78 Å². The zero-order chi connectivity index (χ0) is 36.7. The van der Waals surface area contributed by atoms with Crippen LogP contribution in [0.15, 0.2) is 115 Å². The van der Waals surface area contributed by atoms with E-state index in [4.69, 9.17) is 14.2 Å². The molecule has 53 heavy (non-hydrogen) atoms. The van der Waals surface area contributed by atoms with E-state index in [0.29, 0.717) is 10.9 Å². The number of benzene rings is 4. The van der Waals surface area contributed by atoms with Crippen LogP contribution in [0.25, 0.3) is 11.1 Å².